The number of amides is 1. The minimum Gasteiger partial charge on any atom is -0.453 e. The van der Waals surface area contributed by atoms with Crippen LogP contribution in [0, 0.1) is 6.92 Å². The van der Waals surface area contributed by atoms with E-state index in [0.29, 0.717) is 12.4 Å². The van der Waals surface area contributed by atoms with E-state index in [4.69, 9.17) is 0 Å². The SMILES string of the molecule is COC(=O)N(C)Cc1n[nH]c(C)n1. The van der Waals surface area contributed by atoms with Crippen molar-refractivity contribution in [1.29, 1.82) is 0 Å². The van der Waals surface area contributed by atoms with Crippen LogP contribution < -0.4 is 0 Å². The van der Waals surface area contributed by atoms with Crippen LogP contribution >= 0.6 is 0 Å². The Bertz CT molecular complexity index is 296. The summed E-state index contributed by atoms with van der Waals surface area (Å²) in [5, 5.41) is 6.58. The molecule has 1 rings (SSSR count). The van der Waals surface area contributed by atoms with Gasteiger partial charge in [0.25, 0.3) is 0 Å². The molecule has 0 atom stereocenters. The second kappa shape index (κ2) is 3.88. The summed E-state index contributed by atoms with van der Waals surface area (Å²) in [4.78, 5) is 16.4. The molecule has 0 saturated carbocycles. The van der Waals surface area contributed by atoms with Gasteiger partial charge in [-0.2, -0.15) is 5.10 Å². The highest BCUT2D eigenvalue weighted by Crippen LogP contribution is 1.97. The number of hydrogen-bond donors (Lipinski definition) is 1. The van der Waals surface area contributed by atoms with E-state index in [0.717, 1.165) is 5.82 Å². The number of H-pyrrole nitrogens is 1. The smallest absolute Gasteiger partial charge is 0.409 e. The quantitative estimate of drug-likeness (QED) is 0.718. The van der Waals surface area contributed by atoms with E-state index in [1.54, 1.807) is 14.0 Å². The van der Waals surface area contributed by atoms with Gasteiger partial charge in [0.15, 0.2) is 5.82 Å². The lowest BCUT2D eigenvalue weighted by molar-refractivity contribution is 0.130. The third-order valence-electron chi connectivity index (χ3n) is 1.51. The van der Waals surface area contributed by atoms with Crippen molar-refractivity contribution in [3.05, 3.63) is 11.6 Å². The summed E-state index contributed by atoms with van der Waals surface area (Å²) in [6, 6.07) is 0. The third-order valence-corrected chi connectivity index (χ3v) is 1.51. The Labute approximate surface area is 75.9 Å². The monoisotopic (exact) mass is 184 g/mol. The number of nitrogens with zero attached hydrogens (tertiary/aromatic N) is 3. The fraction of sp³-hybridized carbons (Fsp3) is 0.571. The van der Waals surface area contributed by atoms with Crippen LogP contribution in [0.5, 0.6) is 0 Å². The van der Waals surface area contributed by atoms with Crippen LogP contribution in [0.4, 0.5) is 4.79 Å². The van der Waals surface area contributed by atoms with Crippen LogP contribution in [-0.2, 0) is 11.3 Å². The number of hydrogen-bond acceptors (Lipinski definition) is 4. The molecule has 0 bridgehead atoms. The van der Waals surface area contributed by atoms with Crippen molar-refractivity contribution in [1.82, 2.24) is 20.1 Å². The average Bonchev–Trinajstić information content (AvgIpc) is 2.49. The number of ether oxygens (including phenoxy) is 1. The van der Waals surface area contributed by atoms with Crippen molar-refractivity contribution in [2.24, 2.45) is 0 Å². The molecule has 0 radical (unpaired) electrons. The maximum atomic E-state index is 11.0. The Hall–Kier alpha value is -1.59. The third kappa shape index (κ3) is 2.43. The summed E-state index contributed by atoms with van der Waals surface area (Å²) in [7, 11) is 2.96. The molecular formula is C7H12N4O2. The first-order valence-corrected chi connectivity index (χ1v) is 3.80. The summed E-state index contributed by atoms with van der Waals surface area (Å²) < 4.78 is 4.51. The molecule has 13 heavy (non-hydrogen) atoms. The maximum Gasteiger partial charge on any atom is 0.409 e. The van der Waals surface area contributed by atoms with Crippen molar-refractivity contribution in [3.63, 3.8) is 0 Å². The molecule has 0 aliphatic rings. The van der Waals surface area contributed by atoms with E-state index in [9.17, 15) is 4.79 Å². The number of carbonyl (C=O) groups excluding carboxylic acids is 1. The number of aromatic nitrogens is 3. The van der Waals surface area contributed by atoms with E-state index >= 15 is 0 Å². The Balaban J connectivity index is 2.54. The molecule has 6 heteroatoms. The van der Waals surface area contributed by atoms with Gasteiger partial charge in [-0.15, -0.1) is 0 Å². The molecule has 1 N–H and O–H groups in total. The van der Waals surface area contributed by atoms with Gasteiger partial charge in [0.2, 0.25) is 0 Å². The fourth-order valence-electron chi connectivity index (χ4n) is 0.892. The number of carbonyl (C=O) groups is 1. The molecule has 0 fully saturated rings. The zero-order chi connectivity index (χ0) is 9.84. The lowest BCUT2D eigenvalue weighted by atomic mass is 10.5. The van der Waals surface area contributed by atoms with E-state index in [-0.39, 0.29) is 0 Å². The predicted octanol–water partition coefficient (Wildman–Crippen LogP) is 0.311. The Morgan fingerprint density at radius 2 is 2.38 bits per heavy atom. The maximum absolute atomic E-state index is 11.0. The Kier molecular flexibility index (Phi) is 2.84. The molecule has 72 valence electrons. The minimum atomic E-state index is -0.401. The van der Waals surface area contributed by atoms with E-state index < -0.39 is 6.09 Å². The summed E-state index contributed by atoms with van der Waals surface area (Å²) >= 11 is 0. The lowest BCUT2D eigenvalue weighted by Crippen LogP contribution is -2.26. The van der Waals surface area contributed by atoms with Crippen molar-refractivity contribution in [3.8, 4) is 0 Å². The van der Waals surface area contributed by atoms with Gasteiger partial charge in [0, 0.05) is 7.05 Å². The van der Waals surface area contributed by atoms with Crippen molar-refractivity contribution < 1.29 is 9.53 Å². The number of nitrogens with one attached hydrogen (secondary N) is 1. The van der Waals surface area contributed by atoms with Crippen molar-refractivity contribution in [2.75, 3.05) is 14.2 Å². The molecule has 1 aromatic heterocycles. The normalized spacial score (nSPS) is 9.77. The minimum absolute atomic E-state index is 0.344. The lowest BCUT2D eigenvalue weighted by Gasteiger charge is -2.12. The first kappa shape index (κ1) is 9.50. The molecule has 0 unspecified atom stereocenters. The van der Waals surface area contributed by atoms with Crippen LogP contribution in [0.2, 0.25) is 0 Å². The average molecular weight is 184 g/mol. The van der Waals surface area contributed by atoms with Gasteiger partial charge in [0.1, 0.15) is 5.82 Å². The fourth-order valence-corrected chi connectivity index (χ4v) is 0.892. The molecule has 1 amide bonds. The van der Waals surface area contributed by atoms with Gasteiger partial charge in [-0.25, -0.2) is 9.78 Å². The van der Waals surface area contributed by atoms with Gasteiger partial charge in [-0.05, 0) is 6.92 Å². The summed E-state index contributed by atoms with van der Waals surface area (Å²) in [5.74, 6) is 1.30. The number of rotatable bonds is 2. The first-order chi connectivity index (χ1) is 6.13. The second-order valence-corrected chi connectivity index (χ2v) is 2.66. The summed E-state index contributed by atoms with van der Waals surface area (Å²) in [5.41, 5.74) is 0. The van der Waals surface area contributed by atoms with Crippen LogP contribution in [-0.4, -0.2) is 40.3 Å². The van der Waals surface area contributed by atoms with Crippen LogP contribution in [0.1, 0.15) is 11.6 Å². The van der Waals surface area contributed by atoms with Gasteiger partial charge >= 0.3 is 6.09 Å². The molecular weight excluding hydrogens is 172 g/mol. The molecule has 0 aliphatic carbocycles. The predicted molar refractivity (Wildman–Crippen MR) is 45.0 cm³/mol. The topological polar surface area (TPSA) is 71.1 Å². The van der Waals surface area contributed by atoms with Crippen LogP contribution in [0.3, 0.4) is 0 Å². The van der Waals surface area contributed by atoms with Gasteiger partial charge < -0.3 is 9.64 Å². The summed E-state index contributed by atoms with van der Waals surface area (Å²) in [6.07, 6.45) is -0.401. The highest BCUT2D eigenvalue weighted by atomic mass is 16.5. The molecule has 1 heterocycles. The summed E-state index contributed by atoms with van der Waals surface area (Å²) in [6.45, 7) is 2.14. The first-order valence-electron chi connectivity index (χ1n) is 3.80. The van der Waals surface area contributed by atoms with Gasteiger partial charge in [0.05, 0.1) is 13.7 Å². The molecule has 0 saturated heterocycles. The van der Waals surface area contributed by atoms with Crippen LogP contribution in [0.15, 0.2) is 0 Å². The number of methoxy groups -OCH3 is 1. The van der Waals surface area contributed by atoms with E-state index in [1.807, 2.05) is 0 Å². The highest BCUT2D eigenvalue weighted by molar-refractivity contribution is 5.66. The zero-order valence-corrected chi connectivity index (χ0v) is 7.87. The van der Waals surface area contributed by atoms with E-state index in [2.05, 4.69) is 19.9 Å². The molecule has 1 aromatic rings. The molecule has 0 spiro atoms. The standard InChI is InChI=1S/C7H12N4O2/c1-5-8-6(10-9-5)4-11(2)7(12)13-3/h4H2,1-3H3,(H,8,9,10). The second-order valence-electron chi connectivity index (χ2n) is 2.66. The molecule has 0 aromatic carbocycles. The molecule has 6 nitrogen and oxygen atoms in total. The van der Waals surface area contributed by atoms with Gasteiger partial charge in [-0.1, -0.05) is 0 Å². The van der Waals surface area contributed by atoms with Gasteiger partial charge in [-0.3, -0.25) is 5.10 Å². The van der Waals surface area contributed by atoms with Crippen LogP contribution in [0.25, 0.3) is 0 Å². The van der Waals surface area contributed by atoms with E-state index in [1.165, 1.54) is 12.0 Å². The largest absolute Gasteiger partial charge is 0.453 e. The Morgan fingerprint density at radius 1 is 1.69 bits per heavy atom. The zero-order valence-electron chi connectivity index (χ0n) is 7.87. The Morgan fingerprint density at radius 3 is 2.85 bits per heavy atom. The highest BCUT2D eigenvalue weighted by Gasteiger charge is 2.10. The van der Waals surface area contributed by atoms with Crippen molar-refractivity contribution >= 4 is 6.09 Å². The number of aromatic amines is 1. The number of aryl methyl sites for hydroxylation is 1. The van der Waals surface area contributed by atoms with Crippen molar-refractivity contribution in [2.45, 2.75) is 13.5 Å². The molecule has 0 aliphatic heterocycles.